The van der Waals surface area contributed by atoms with Crippen LogP contribution in [0.4, 0.5) is 5.82 Å². The number of nitrogens with zero attached hydrogens (tertiary/aromatic N) is 7. The molecule has 3 rings (SSSR count). The van der Waals surface area contributed by atoms with E-state index in [1.165, 1.54) is 0 Å². The normalized spacial score (nSPS) is 17.9. The topological polar surface area (TPSA) is 72.1 Å². The van der Waals surface area contributed by atoms with Crippen LogP contribution in [0.5, 0.6) is 0 Å². The van der Waals surface area contributed by atoms with Gasteiger partial charge in [0.2, 0.25) is 0 Å². The lowest BCUT2D eigenvalue weighted by Crippen LogP contribution is -2.36. The first-order chi connectivity index (χ1) is 12.5. The van der Waals surface area contributed by atoms with Crippen LogP contribution in [0.3, 0.4) is 0 Å². The van der Waals surface area contributed by atoms with Gasteiger partial charge in [0, 0.05) is 32.1 Å². The highest BCUT2D eigenvalue weighted by Crippen LogP contribution is 2.27. The Hall–Kier alpha value is -1.93. The van der Waals surface area contributed by atoms with Gasteiger partial charge in [0.15, 0.2) is 11.0 Å². The molecule has 0 aromatic carbocycles. The van der Waals surface area contributed by atoms with Gasteiger partial charge in [-0.3, -0.25) is 4.57 Å². The first-order valence-corrected chi connectivity index (χ1v) is 9.43. The fourth-order valence-electron chi connectivity index (χ4n) is 3.37. The minimum Gasteiger partial charge on any atom is -0.354 e. The highest BCUT2D eigenvalue weighted by Gasteiger charge is 2.27. The Morgan fingerprint density at radius 2 is 2.12 bits per heavy atom. The predicted molar refractivity (Wildman–Crippen MR) is 102 cm³/mol. The lowest BCUT2D eigenvalue weighted by Gasteiger charge is -2.32. The summed E-state index contributed by atoms with van der Waals surface area (Å²) in [6.45, 7) is 5.72. The van der Waals surface area contributed by atoms with Crippen molar-refractivity contribution in [1.29, 1.82) is 0 Å². The van der Waals surface area contributed by atoms with Crippen molar-refractivity contribution in [1.82, 2.24) is 29.4 Å². The van der Waals surface area contributed by atoms with Gasteiger partial charge in [-0.05, 0) is 46.0 Å². The molecule has 0 N–H and O–H groups in total. The van der Waals surface area contributed by atoms with Gasteiger partial charge in [-0.1, -0.05) is 11.6 Å². The molecule has 2 aromatic heterocycles. The molecule has 0 amide bonds. The van der Waals surface area contributed by atoms with Crippen molar-refractivity contribution in [2.75, 3.05) is 38.6 Å². The summed E-state index contributed by atoms with van der Waals surface area (Å²) < 4.78 is 3.40. The lowest BCUT2D eigenvalue weighted by atomic mass is 9.97. The summed E-state index contributed by atoms with van der Waals surface area (Å²) in [7, 11) is 3.99. The van der Waals surface area contributed by atoms with Crippen LogP contribution < -0.4 is 10.6 Å². The molecular weight excluding hydrogens is 354 g/mol. The fourth-order valence-corrected chi connectivity index (χ4v) is 3.47. The number of hydrogen-bond donors (Lipinski definition) is 0. The number of halogens is 1. The Kier molecular flexibility index (Phi) is 5.93. The Morgan fingerprint density at radius 1 is 1.31 bits per heavy atom. The molecule has 0 spiro atoms. The molecule has 1 fully saturated rings. The van der Waals surface area contributed by atoms with Crippen molar-refractivity contribution < 1.29 is 0 Å². The van der Waals surface area contributed by atoms with E-state index in [0.29, 0.717) is 18.2 Å². The van der Waals surface area contributed by atoms with Crippen molar-refractivity contribution in [3.8, 4) is 0 Å². The third kappa shape index (κ3) is 4.07. The summed E-state index contributed by atoms with van der Waals surface area (Å²) in [5.41, 5.74) is -0.0206. The molecule has 0 bridgehead atoms. The van der Waals surface area contributed by atoms with E-state index in [1.807, 2.05) is 27.1 Å². The molecule has 0 saturated carbocycles. The Balaban J connectivity index is 1.82. The predicted octanol–water partition coefficient (Wildman–Crippen LogP) is 1.45. The van der Waals surface area contributed by atoms with Gasteiger partial charge in [-0.25, -0.2) is 9.48 Å². The largest absolute Gasteiger partial charge is 0.354 e. The molecule has 0 radical (unpaired) electrons. The van der Waals surface area contributed by atoms with Crippen LogP contribution in [-0.4, -0.2) is 63.2 Å². The molecule has 1 atom stereocenters. The third-order valence-electron chi connectivity index (χ3n) is 4.76. The Labute approximate surface area is 158 Å². The van der Waals surface area contributed by atoms with Crippen LogP contribution in [0.2, 0.25) is 5.15 Å². The van der Waals surface area contributed by atoms with E-state index in [9.17, 15) is 4.79 Å². The minimum atomic E-state index is -0.0206. The van der Waals surface area contributed by atoms with Gasteiger partial charge in [0.1, 0.15) is 5.82 Å². The summed E-state index contributed by atoms with van der Waals surface area (Å²) in [4.78, 5) is 16.9. The van der Waals surface area contributed by atoms with Crippen LogP contribution in [0.15, 0.2) is 16.9 Å². The second kappa shape index (κ2) is 8.18. The van der Waals surface area contributed by atoms with E-state index >= 15 is 0 Å². The molecule has 26 heavy (non-hydrogen) atoms. The third-order valence-corrected chi connectivity index (χ3v) is 4.96. The number of likely N-dealkylation sites (N-methyl/N-ethyl adjacent to an activating group) is 1. The molecule has 3 heterocycles. The van der Waals surface area contributed by atoms with Crippen molar-refractivity contribution in [2.45, 2.75) is 38.8 Å². The molecule has 9 heteroatoms. The number of rotatable bonds is 6. The van der Waals surface area contributed by atoms with Gasteiger partial charge >= 0.3 is 5.69 Å². The van der Waals surface area contributed by atoms with Crippen LogP contribution in [-0.2, 0) is 13.1 Å². The van der Waals surface area contributed by atoms with Gasteiger partial charge in [0.05, 0.1) is 6.54 Å². The zero-order chi connectivity index (χ0) is 18.7. The molecule has 1 aliphatic rings. The van der Waals surface area contributed by atoms with Crippen LogP contribution >= 0.6 is 11.6 Å². The summed E-state index contributed by atoms with van der Waals surface area (Å²) in [6.07, 6.45) is 2.04. The summed E-state index contributed by atoms with van der Waals surface area (Å²) in [5.74, 6) is 1.90. The summed E-state index contributed by atoms with van der Waals surface area (Å²) in [6, 6.07) is 3.64. The maximum atomic E-state index is 12.7. The van der Waals surface area contributed by atoms with E-state index in [1.54, 1.807) is 15.3 Å². The SMILES string of the molecule is CCn1c([C@H]2CCCN(c3ccc(Cl)nn3)C2)nn(CCN(C)C)c1=O. The fraction of sp³-hybridized carbons (Fsp3) is 0.647. The monoisotopic (exact) mass is 379 g/mol. The molecule has 0 unspecified atom stereocenters. The second-order valence-electron chi connectivity index (χ2n) is 6.91. The maximum Gasteiger partial charge on any atom is 0.345 e. The highest BCUT2D eigenvalue weighted by molar-refractivity contribution is 6.29. The minimum absolute atomic E-state index is 0.0206. The zero-order valence-corrected chi connectivity index (χ0v) is 16.4. The zero-order valence-electron chi connectivity index (χ0n) is 15.6. The Morgan fingerprint density at radius 3 is 2.77 bits per heavy atom. The molecule has 8 nitrogen and oxygen atoms in total. The maximum absolute atomic E-state index is 12.7. The van der Waals surface area contributed by atoms with Crippen LogP contribution in [0.25, 0.3) is 0 Å². The standard InChI is InChI=1S/C17H26ClN7O/c1-4-24-16(21-25(17(24)26)11-10-22(2)3)13-6-5-9-23(12-13)15-8-7-14(18)19-20-15/h7-8,13H,4-6,9-12H2,1-3H3/t13-/m0/s1. The smallest absolute Gasteiger partial charge is 0.345 e. The quantitative estimate of drug-likeness (QED) is 0.756. The van der Waals surface area contributed by atoms with Crippen LogP contribution in [0.1, 0.15) is 31.5 Å². The molecule has 142 valence electrons. The first kappa shape index (κ1) is 18.8. The number of aromatic nitrogens is 5. The van der Waals surface area contributed by atoms with Crippen molar-refractivity contribution >= 4 is 17.4 Å². The lowest BCUT2D eigenvalue weighted by molar-refractivity contribution is 0.367. The molecule has 2 aromatic rings. The van der Waals surface area contributed by atoms with E-state index in [-0.39, 0.29) is 11.6 Å². The van der Waals surface area contributed by atoms with E-state index in [4.69, 9.17) is 11.6 Å². The van der Waals surface area contributed by atoms with Gasteiger partial charge in [0.25, 0.3) is 0 Å². The first-order valence-electron chi connectivity index (χ1n) is 9.06. The average Bonchev–Trinajstić information content (AvgIpc) is 2.96. The molecule has 1 saturated heterocycles. The molecule has 0 aliphatic carbocycles. The second-order valence-corrected chi connectivity index (χ2v) is 7.30. The van der Waals surface area contributed by atoms with E-state index in [2.05, 4.69) is 25.1 Å². The van der Waals surface area contributed by atoms with Crippen LogP contribution in [0, 0.1) is 0 Å². The highest BCUT2D eigenvalue weighted by atomic mass is 35.5. The number of piperidine rings is 1. The van der Waals surface area contributed by atoms with Crippen molar-refractivity contribution in [3.05, 3.63) is 33.6 Å². The molecular formula is C17H26ClN7O. The van der Waals surface area contributed by atoms with Gasteiger partial charge < -0.3 is 9.80 Å². The average molecular weight is 380 g/mol. The van der Waals surface area contributed by atoms with E-state index in [0.717, 1.165) is 44.1 Å². The summed E-state index contributed by atoms with van der Waals surface area (Å²) in [5, 5.41) is 13.2. The molecule has 1 aliphatic heterocycles. The summed E-state index contributed by atoms with van der Waals surface area (Å²) >= 11 is 5.84. The number of hydrogen-bond acceptors (Lipinski definition) is 6. The van der Waals surface area contributed by atoms with Crippen molar-refractivity contribution in [2.24, 2.45) is 0 Å². The van der Waals surface area contributed by atoms with Crippen molar-refractivity contribution in [3.63, 3.8) is 0 Å². The van der Waals surface area contributed by atoms with Gasteiger partial charge in [-0.15, -0.1) is 10.2 Å². The van der Waals surface area contributed by atoms with Gasteiger partial charge in [-0.2, -0.15) is 5.10 Å². The van der Waals surface area contributed by atoms with E-state index < -0.39 is 0 Å². The Bertz CT molecular complexity index is 783. The number of anilines is 1.